The Balaban J connectivity index is 3.13. The van der Waals surface area contributed by atoms with Crippen LogP contribution in [-0.4, -0.2) is 16.5 Å². The Bertz CT molecular complexity index is 422. The van der Waals surface area contributed by atoms with E-state index in [0.717, 1.165) is 0 Å². The first-order valence-corrected chi connectivity index (χ1v) is 4.02. The lowest BCUT2D eigenvalue weighted by Gasteiger charge is -1.94. The molecule has 0 saturated carbocycles. The molecule has 1 rings (SSSR count). The summed E-state index contributed by atoms with van der Waals surface area (Å²) in [7, 11) is 0. The molecule has 0 atom stereocenters. The number of halogens is 1. The van der Waals surface area contributed by atoms with Crippen LogP contribution in [0.15, 0.2) is 12.3 Å². The Hall–Kier alpha value is -1.64. The predicted molar refractivity (Wildman–Crippen MR) is 51.8 cm³/mol. The SMILES string of the molecule is NCC#Cc1cnc(Cl)c([N+](=O)[O-])c1. The van der Waals surface area contributed by atoms with Gasteiger partial charge in [-0.1, -0.05) is 23.4 Å². The molecule has 0 aromatic carbocycles. The molecular formula is C8H6ClN3O2. The lowest BCUT2D eigenvalue weighted by Crippen LogP contribution is -1.94. The van der Waals surface area contributed by atoms with E-state index in [1.54, 1.807) is 0 Å². The highest BCUT2D eigenvalue weighted by atomic mass is 35.5. The number of nitro groups is 1. The van der Waals surface area contributed by atoms with Crippen molar-refractivity contribution in [3.05, 3.63) is 33.1 Å². The standard InChI is InChI=1S/C8H6ClN3O2/c9-8-7(12(13)14)4-6(5-11-8)2-1-3-10/h4-5H,3,10H2. The topological polar surface area (TPSA) is 82.0 Å². The monoisotopic (exact) mass is 211 g/mol. The van der Waals surface area contributed by atoms with Gasteiger partial charge in [0.2, 0.25) is 5.15 Å². The molecule has 0 spiro atoms. The van der Waals surface area contributed by atoms with Gasteiger partial charge in [0, 0.05) is 17.8 Å². The zero-order chi connectivity index (χ0) is 10.6. The molecule has 6 heteroatoms. The average Bonchev–Trinajstić information content (AvgIpc) is 2.16. The second-order valence-electron chi connectivity index (χ2n) is 2.30. The minimum Gasteiger partial charge on any atom is -0.320 e. The summed E-state index contributed by atoms with van der Waals surface area (Å²) in [5, 5.41) is 10.3. The van der Waals surface area contributed by atoms with Gasteiger partial charge >= 0.3 is 5.69 Å². The first-order chi connectivity index (χ1) is 6.65. The molecule has 0 radical (unpaired) electrons. The molecule has 0 aliphatic rings. The van der Waals surface area contributed by atoms with E-state index in [2.05, 4.69) is 16.8 Å². The summed E-state index contributed by atoms with van der Waals surface area (Å²) in [6.07, 6.45) is 1.36. The molecule has 0 fully saturated rings. The molecule has 14 heavy (non-hydrogen) atoms. The van der Waals surface area contributed by atoms with Crippen LogP contribution in [0.2, 0.25) is 5.15 Å². The van der Waals surface area contributed by atoms with Crippen LogP contribution in [0, 0.1) is 22.0 Å². The predicted octanol–water partition coefficient (Wildman–Crippen LogP) is 0.953. The summed E-state index contributed by atoms with van der Waals surface area (Å²) in [6.45, 7) is 0.191. The fourth-order valence-corrected chi connectivity index (χ4v) is 0.958. The zero-order valence-electron chi connectivity index (χ0n) is 7.03. The van der Waals surface area contributed by atoms with Crippen LogP contribution in [0.1, 0.15) is 5.56 Å². The van der Waals surface area contributed by atoms with Crippen LogP contribution < -0.4 is 5.73 Å². The van der Waals surface area contributed by atoms with Crippen LogP contribution in [0.4, 0.5) is 5.69 Å². The summed E-state index contributed by atoms with van der Waals surface area (Å²) < 4.78 is 0. The van der Waals surface area contributed by atoms with Gasteiger partial charge in [0.25, 0.3) is 0 Å². The molecular weight excluding hydrogens is 206 g/mol. The molecule has 1 aromatic rings. The number of pyridine rings is 1. The lowest BCUT2D eigenvalue weighted by molar-refractivity contribution is -0.385. The summed E-state index contributed by atoms with van der Waals surface area (Å²) >= 11 is 5.50. The van der Waals surface area contributed by atoms with E-state index in [-0.39, 0.29) is 17.4 Å². The third-order valence-electron chi connectivity index (χ3n) is 1.35. The Kier molecular flexibility index (Phi) is 3.40. The van der Waals surface area contributed by atoms with Crippen molar-refractivity contribution in [2.45, 2.75) is 0 Å². The molecule has 1 aromatic heterocycles. The maximum absolute atomic E-state index is 10.5. The number of rotatable bonds is 1. The van der Waals surface area contributed by atoms with Crippen LogP contribution >= 0.6 is 11.6 Å². The minimum atomic E-state index is -0.608. The fraction of sp³-hybridized carbons (Fsp3) is 0.125. The van der Waals surface area contributed by atoms with E-state index in [0.29, 0.717) is 5.56 Å². The second-order valence-corrected chi connectivity index (χ2v) is 2.65. The number of hydrogen-bond acceptors (Lipinski definition) is 4. The van der Waals surface area contributed by atoms with Gasteiger partial charge in [0.05, 0.1) is 11.5 Å². The molecule has 5 nitrogen and oxygen atoms in total. The first-order valence-electron chi connectivity index (χ1n) is 3.64. The first kappa shape index (κ1) is 10.4. The Morgan fingerprint density at radius 1 is 1.71 bits per heavy atom. The molecule has 1 heterocycles. The van der Waals surface area contributed by atoms with Gasteiger partial charge < -0.3 is 5.73 Å². The number of nitrogens with two attached hydrogens (primary N) is 1. The van der Waals surface area contributed by atoms with Gasteiger partial charge in [-0.3, -0.25) is 10.1 Å². The lowest BCUT2D eigenvalue weighted by atomic mass is 10.2. The Labute approximate surface area is 85.0 Å². The Morgan fingerprint density at radius 2 is 2.43 bits per heavy atom. The van der Waals surface area contributed by atoms with Crippen LogP contribution in [-0.2, 0) is 0 Å². The summed E-state index contributed by atoms with van der Waals surface area (Å²) in [4.78, 5) is 13.5. The van der Waals surface area contributed by atoms with Gasteiger partial charge in [-0.2, -0.15) is 0 Å². The van der Waals surface area contributed by atoms with Crippen molar-refractivity contribution in [2.24, 2.45) is 5.73 Å². The average molecular weight is 212 g/mol. The van der Waals surface area contributed by atoms with E-state index in [1.807, 2.05) is 0 Å². The van der Waals surface area contributed by atoms with Crippen molar-refractivity contribution >= 4 is 17.3 Å². The van der Waals surface area contributed by atoms with Gasteiger partial charge in [-0.05, 0) is 0 Å². The third-order valence-corrected chi connectivity index (χ3v) is 1.64. The minimum absolute atomic E-state index is 0.145. The maximum atomic E-state index is 10.5. The zero-order valence-corrected chi connectivity index (χ0v) is 7.78. The number of aromatic nitrogens is 1. The second kappa shape index (κ2) is 4.56. The van der Waals surface area contributed by atoms with Crippen molar-refractivity contribution in [1.29, 1.82) is 0 Å². The number of nitrogens with zero attached hydrogens (tertiary/aromatic N) is 2. The fourth-order valence-electron chi connectivity index (χ4n) is 0.786. The molecule has 0 aliphatic heterocycles. The quantitative estimate of drug-likeness (QED) is 0.325. The molecule has 0 amide bonds. The maximum Gasteiger partial charge on any atom is 0.307 e. The highest BCUT2D eigenvalue weighted by Gasteiger charge is 2.13. The Morgan fingerprint density at radius 3 is 3.00 bits per heavy atom. The van der Waals surface area contributed by atoms with Crippen molar-refractivity contribution < 1.29 is 4.92 Å². The van der Waals surface area contributed by atoms with Crippen molar-refractivity contribution in [2.75, 3.05) is 6.54 Å². The largest absolute Gasteiger partial charge is 0.320 e. The van der Waals surface area contributed by atoms with Crippen LogP contribution in [0.3, 0.4) is 0 Å². The van der Waals surface area contributed by atoms with Crippen LogP contribution in [0.25, 0.3) is 0 Å². The molecule has 0 unspecified atom stereocenters. The summed E-state index contributed by atoms with van der Waals surface area (Å²) in [5.41, 5.74) is 5.32. The molecule has 0 saturated heterocycles. The van der Waals surface area contributed by atoms with E-state index in [4.69, 9.17) is 17.3 Å². The smallest absolute Gasteiger partial charge is 0.307 e. The van der Waals surface area contributed by atoms with E-state index < -0.39 is 4.92 Å². The van der Waals surface area contributed by atoms with E-state index in [9.17, 15) is 10.1 Å². The highest BCUT2D eigenvalue weighted by Crippen LogP contribution is 2.21. The number of hydrogen-bond donors (Lipinski definition) is 1. The van der Waals surface area contributed by atoms with Crippen molar-refractivity contribution in [3.63, 3.8) is 0 Å². The van der Waals surface area contributed by atoms with Crippen LogP contribution in [0.5, 0.6) is 0 Å². The van der Waals surface area contributed by atoms with Crippen molar-refractivity contribution in [3.8, 4) is 11.8 Å². The molecule has 2 N–H and O–H groups in total. The highest BCUT2D eigenvalue weighted by molar-refractivity contribution is 6.31. The van der Waals surface area contributed by atoms with Gasteiger partial charge in [-0.25, -0.2) is 4.98 Å². The molecule has 72 valence electrons. The van der Waals surface area contributed by atoms with E-state index >= 15 is 0 Å². The van der Waals surface area contributed by atoms with Gasteiger partial charge in [0.1, 0.15) is 0 Å². The normalized spacial score (nSPS) is 9.00. The summed E-state index contributed by atoms with van der Waals surface area (Å²) in [5.74, 6) is 5.19. The molecule has 0 aliphatic carbocycles. The van der Waals surface area contributed by atoms with E-state index in [1.165, 1.54) is 12.3 Å². The molecule has 0 bridgehead atoms. The summed E-state index contributed by atoms with van der Waals surface area (Å²) in [6, 6.07) is 1.26. The van der Waals surface area contributed by atoms with Crippen molar-refractivity contribution in [1.82, 2.24) is 4.98 Å². The third kappa shape index (κ3) is 2.42. The van der Waals surface area contributed by atoms with Gasteiger partial charge in [-0.15, -0.1) is 0 Å². The van der Waals surface area contributed by atoms with Gasteiger partial charge in [0.15, 0.2) is 0 Å².